The van der Waals surface area contributed by atoms with Crippen LogP contribution in [-0.4, -0.2) is 25.7 Å². The molecule has 0 saturated carbocycles. The minimum Gasteiger partial charge on any atom is -0.369 e. The molecule has 1 fully saturated rings. The number of hydrogen-bond acceptors (Lipinski definition) is 2. The van der Waals surface area contributed by atoms with Crippen LogP contribution in [0.2, 0.25) is 0 Å². The van der Waals surface area contributed by atoms with Gasteiger partial charge in [0.1, 0.15) is 5.82 Å². The van der Waals surface area contributed by atoms with Gasteiger partial charge in [-0.05, 0) is 63.5 Å². The summed E-state index contributed by atoms with van der Waals surface area (Å²) in [5, 5.41) is 3.43. The summed E-state index contributed by atoms with van der Waals surface area (Å²) >= 11 is 0. The third-order valence-corrected chi connectivity index (χ3v) is 3.48. The van der Waals surface area contributed by atoms with Crippen molar-refractivity contribution < 1.29 is 4.39 Å². The first kappa shape index (κ1) is 12.4. The summed E-state index contributed by atoms with van der Waals surface area (Å²) in [5.41, 5.74) is 1.14. The predicted octanol–water partition coefficient (Wildman–Crippen LogP) is 2.79. The van der Waals surface area contributed by atoms with Crippen LogP contribution >= 0.6 is 0 Å². The number of nitrogens with one attached hydrogen (secondary N) is 1. The van der Waals surface area contributed by atoms with Crippen LogP contribution in [0.15, 0.2) is 24.3 Å². The standard InChI is InChI=1S/C14H21FN2/c1-2-17(13-4-3-10-16-11-9-13)14-7-5-12(15)6-8-14/h5-8,13,16H,2-4,9-11H2,1H3. The zero-order chi connectivity index (χ0) is 12.1. The average Bonchev–Trinajstić information content (AvgIpc) is 2.62. The molecule has 1 heterocycles. The van der Waals surface area contributed by atoms with Crippen LogP contribution < -0.4 is 10.2 Å². The molecule has 3 heteroatoms. The first-order valence-electron chi connectivity index (χ1n) is 6.54. The van der Waals surface area contributed by atoms with Gasteiger partial charge in [-0.15, -0.1) is 0 Å². The van der Waals surface area contributed by atoms with Crippen molar-refractivity contribution in [3.63, 3.8) is 0 Å². The molecule has 0 radical (unpaired) electrons. The molecule has 0 aliphatic carbocycles. The normalized spacial score (nSPS) is 20.9. The van der Waals surface area contributed by atoms with E-state index in [1.807, 2.05) is 12.1 Å². The summed E-state index contributed by atoms with van der Waals surface area (Å²) in [6, 6.07) is 7.45. The lowest BCUT2D eigenvalue weighted by Crippen LogP contribution is -2.35. The van der Waals surface area contributed by atoms with E-state index in [9.17, 15) is 4.39 Å². The van der Waals surface area contributed by atoms with Crippen molar-refractivity contribution in [1.82, 2.24) is 5.32 Å². The molecule has 1 atom stereocenters. The Balaban J connectivity index is 2.11. The van der Waals surface area contributed by atoms with Crippen molar-refractivity contribution in [2.45, 2.75) is 32.2 Å². The average molecular weight is 236 g/mol. The van der Waals surface area contributed by atoms with E-state index < -0.39 is 0 Å². The summed E-state index contributed by atoms with van der Waals surface area (Å²) < 4.78 is 12.9. The van der Waals surface area contributed by atoms with Crippen LogP contribution in [0.3, 0.4) is 0 Å². The summed E-state index contributed by atoms with van der Waals surface area (Å²) in [7, 11) is 0. The minimum absolute atomic E-state index is 0.160. The van der Waals surface area contributed by atoms with E-state index in [2.05, 4.69) is 17.1 Å². The van der Waals surface area contributed by atoms with Crippen molar-refractivity contribution in [2.75, 3.05) is 24.5 Å². The van der Waals surface area contributed by atoms with Gasteiger partial charge in [0.25, 0.3) is 0 Å². The summed E-state index contributed by atoms with van der Waals surface area (Å²) in [5.74, 6) is -0.160. The highest BCUT2D eigenvalue weighted by Crippen LogP contribution is 2.22. The number of halogens is 1. The van der Waals surface area contributed by atoms with Gasteiger partial charge < -0.3 is 10.2 Å². The molecule has 0 amide bonds. The summed E-state index contributed by atoms with van der Waals surface area (Å²) in [6.07, 6.45) is 3.62. The Morgan fingerprint density at radius 1 is 1.24 bits per heavy atom. The van der Waals surface area contributed by atoms with Crippen LogP contribution in [0.25, 0.3) is 0 Å². The van der Waals surface area contributed by atoms with Crippen molar-refractivity contribution in [3.8, 4) is 0 Å². The fraction of sp³-hybridized carbons (Fsp3) is 0.571. The lowest BCUT2D eigenvalue weighted by molar-refractivity contribution is 0.544. The van der Waals surface area contributed by atoms with Gasteiger partial charge >= 0.3 is 0 Å². The van der Waals surface area contributed by atoms with Gasteiger partial charge in [0.05, 0.1) is 0 Å². The van der Waals surface area contributed by atoms with E-state index in [0.29, 0.717) is 6.04 Å². The van der Waals surface area contributed by atoms with E-state index >= 15 is 0 Å². The second-order valence-electron chi connectivity index (χ2n) is 4.60. The van der Waals surface area contributed by atoms with Gasteiger partial charge in [-0.1, -0.05) is 0 Å². The quantitative estimate of drug-likeness (QED) is 0.868. The molecule has 0 aromatic heterocycles. The van der Waals surface area contributed by atoms with Crippen molar-refractivity contribution in [1.29, 1.82) is 0 Å². The molecule has 1 aromatic carbocycles. The molecule has 1 saturated heterocycles. The third kappa shape index (κ3) is 3.19. The number of anilines is 1. The second kappa shape index (κ2) is 6.01. The highest BCUT2D eigenvalue weighted by molar-refractivity contribution is 5.47. The van der Waals surface area contributed by atoms with E-state index in [0.717, 1.165) is 25.3 Å². The molecular formula is C14H21FN2. The summed E-state index contributed by atoms with van der Waals surface area (Å²) in [6.45, 7) is 5.36. The first-order chi connectivity index (χ1) is 8.31. The van der Waals surface area contributed by atoms with Gasteiger partial charge in [0.2, 0.25) is 0 Å². The molecule has 94 valence electrons. The molecule has 1 unspecified atom stereocenters. The largest absolute Gasteiger partial charge is 0.369 e. The van der Waals surface area contributed by atoms with Crippen molar-refractivity contribution in [3.05, 3.63) is 30.1 Å². The molecule has 0 bridgehead atoms. The van der Waals surface area contributed by atoms with Gasteiger partial charge in [-0.25, -0.2) is 4.39 Å². The maximum absolute atomic E-state index is 12.9. The Bertz CT molecular complexity index is 329. The number of benzene rings is 1. The van der Waals surface area contributed by atoms with Crippen LogP contribution in [0.1, 0.15) is 26.2 Å². The van der Waals surface area contributed by atoms with Crippen molar-refractivity contribution in [2.24, 2.45) is 0 Å². The Morgan fingerprint density at radius 3 is 2.71 bits per heavy atom. The molecule has 2 nitrogen and oxygen atoms in total. The van der Waals surface area contributed by atoms with Crippen LogP contribution in [0.5, 0.6) is 0 Å². The SMILES string of the molecule is CCN(c1ccc(F)cc1)C1CCCNCC1. The van der Waals surface area contributed by atoms with Crippen molar-refractivity contribution >= 4 is 5.69 Å². The highest BCUT2D eigenvalue weighted by atomic mass is 19.1. The molecule has 0 spiro atoms. The minimum atomic E-state index is -0.160. The molecule has 1 aliphatic rings. The molecule has 17 heavy (non-hydrogen) atoms. The van der Waals surface area contributed by atoms with E-state index in [-0.39, 0.29) is 5.82 Å². The highest BCUT2D eigenvalue weighted by Gasteiger charge is 2.18. The Labute approximate surface area is 103 Å². The molecule has 1 aliphatic heterocycles. The van der Waals surface area contributed by atoms with Crippen LogP contribution in [0, 0.1) is 5.82 Å². The zero-order valence-corrected chi connectivity index (χ0v) is 10.5. The van der Waals surface area contributed by atoms with E-state index in [1.165, 1.54) is 19.3 Å². The fourth-order valence-corrected chi connectivity index (χ4v) is 2.60. The number of hydrogen-bond donors (Lipinski definition) is 1. The predicted molar refractivity (Wildman–Crippen MR) is 69.9 cm³/mol. The molecule has 1 aromatic rings. The Morgan fingerprint density at radius 2 is 2.00 bits per heavy atom. The van der Waals surface area contributed by atoms with E-state index in [1.54, 1.807) is 12.1 Å². The molecular weight excluding hydrogens is 215 g/mol. The third-order valence-electron chi connectivity index (χ3n) is 3.48. The first-order valence-corrected chi connectivity index (χ1v) is 6.54. The maximum atomic E-state index is 12.9. The van der Waals surface area contributed by atoms with Crippen LogP contribution in [0.4, 0.5) is 10.1 Å². The fourth-order valence-electron chi connectivity index (χ4n) is 2.60. The zero-order valence-electron chi connectivity index (χ0n) is 10.5. The van der Waals surface area contributed by atoms with Gasteiger partial charge in [-0.2, -0.15) is 0 Å². The lowest BCUT2D eigenvalue weighted by atomic mass is 10.1. The van der Waals surface area contributed by atoms with Crippen LogP contribution in [-0.2, 0) is 0 Å². The van der Waals surface area contributed by atoms with Gasteiger partial charge in [0.15, 0.2) is 0 Å². The van der Waals surface area contributed by atoms with Gasteiger partial charge in [-0.3, -0.25) is 0 Å². The maximum Gasteiger partial charge on any atom is 0.123 e. The second-order valence-corrected chi connectivity index (χ2v) is 4.60. The lowest BCUT2D eigenvalue weighted by Gasteiger charge is -2.32. The Kier molecular flexibility index (Phi) is 4.37. The topological polar surface area (TPSA) is 15.3 Å². The number of rotatable bonds is 3. The monoisotopic (exact) mass is 236 g/mol. The summed E-state index contributed by atoms with van der Waals surface area (Å²) in [4.78, 5) is 2.40. The smallest absolute Gasteiger partial charge is 0.123 e. The Hall–Kier alpha value is -1.09. The molecule has 2 rings (SSSR count). The van der Waals surface area contributed by atoms with Gasteiger partial charge in [0, 0.05) is 18.3 Å². The number of nitrogens with zero attached hydrogens (tertiary/aromatic N) is 1. The van der Waals surface area contributed by atoms with E-state index in [4.69, 9.17) is 0 Å². The molecule has 1 N–H and O–H groups in total.